The second-order valence-electron chi connectivity index (χ2n) is 3.23. The number of carboxylic acids is 1. The Kier molecular flexibility index (Phi) is 4.56. The Labute approximate surface area is 95.6 Å². The van der Waals surface area contributed by atoms with Crippen molar-refractivity contribution in [2.24, 2.45) is 0 Å². The first-order valence-electron chi connectivity index (χ1n) is 4.62. The van der Waals surface area contributed by atoms with Crippen molar-refractivity contribution in [1.29, 1.82) is 0 Å². The molecule has 0 bridgehead atoms. The lowest BCUT2D eigenvalue weighted by molar-refractivity contribution is -0.147. The Morgan fingerprint density at radius 3 is 2.81 bits per heavy atom. The number of amides is 2. The van der Waals surface area contributed by atoms with Gasteiger partial charge in [0.2, 0.25) is 5.91 Å². The fourth-order valence-corrected chi connectivity index (χ4v) is 1.88. The van der Waals surface area contributed by atoms with Crippen molar-refractivity contribution in [3.8, 4) is 0 Å². The molecule has 1 rings (SSSR count). The number of aliphatic hydroxyl groups excluding tert-OH is 1. The third kappa shape index (κ3) is 3.70. The van der Waals surface area contributed by atoms with Crippen molar-refractivity contribution in [2.75, 3.05) is 12.3 Å². The van der Waals surface area contributed by atoms with Gasteiger partial charge in [0.05, 0.1) is 0 Å². The molecule has 0 aromatic heterocycles. The summed E-state index contributed by atoms with van der Waals surface area (Å²) in [6, 6.07) is -0.570. The molecule has 16 heavy (non-hydrogen) atoms. The van der Waals surface area contributed by atoms with Gasteiger partial charge in [0.25, 0.3) is 5.24 Å². The third-order valence-corrected chi connectivity index (χ3v) is 2.87. The van der Waals surface area contributed by atoms with Crippen LogP contribution in [-0.4, -0.2) is 51.8 Å². The van der Waals surface area contributed by atoms with Crippen LogP contribution in [0.5, 0.6) is 0 Å². The Bertz CT molecular complexity index is 309. The van der Waals surface area contributed by atoms with Crippen molar-refractivity contribution >= 4 is 28.9 Å². The Morgan fingerprint density at radius 1 is 1.62 bits per heavy atom. The molecule has 0 aromatic carbocycles. The Balaban J connectivity index is 2.20. The lowest BCUT2D eigenvalue weighted by Crippen LogP contribution is -2.43. The van der Waals surface area contributed by atoms with E-state index in [0.717, 1.165) is 11.8 Å². The highest BCUT2D eigenvalue weighted by molar-refractivity contribution is 8.14. The lowest BCUT2D eigenvalue weighted by Gasteiger charge is -2.10. The molecule has 0 radical (unpaired) electrons. The molecule has 8 heteroatoms. The highest BCUT2D eigenvalue weighted by atomic mass is 32.2. The van der Waals surface area contributed by atoms with E-state index in [1.54, 1.807) is 0 Å². The van der Waals surface area contributed by atoms with Crippen LogP contribution in [0, 0.1) is 0 Å². The summed E-state index contributed by atoms with van der Waals surface area (Å²) in [6.45, 7) is 0.0589. The molecule has 90 valence electrons. The Morgan fingerprint density at radius 2 is 2.31 bits per heavy atom. The summed E-state index contributed by atoms with van der Waals surface area (Å²) in [7, 11) is 0. The quantitative estimate of drug-likeness (QED) is 0.484. The first kappa shape index (κ1) is 12.8. The average Bonchev–Trinajstić information content (AvgIpc) is 2.64. The van der Waals surface area contributed by atoms with E-state index < -0.39 is 18.1 Å². The molecule has 1 fully saturated rings. The van der Waals surface area contributed by atoms with Gasteiger partial charge < -0.3 is 20.8 Å². The molecule has 1 saturated heterocycles. The van der Waals surface area contributed by atoms with Gasteiger partial charge in [-0.3, -0.25) is 9.59 Å². The molecular weight excluding hydrogens is 236 g/mol. The fraction of sp³-hybridized carbons (Fsp3) is 0.625. The van der Waals surface area contributed by atoms with Gasteiger partial charge in [-0.15, -0.1) is 0 Å². The normalized spacial score (nSPS) is 21.3. The number of thioether (sulfide) groups is 1. The predicted molar refractivity (Wildman–Crippen MR) is 56.0 cm³/mol. The number of carboxylic acid groups (broad SMARTS) is 1. The van der Waals surface area contributed by atoms with Gasteiger partial charge in [-0.25, -0.2) is 4.79 Å². The maximum Gasteiger partial charge on any atom is 0.332 e. The minimum Gasteiger partial charge on any atom is -0.479 e. The smallest absolute Gasteiger partial charge is 0.332 e. The largest absolute Gasteiger partial charge is 0.479 e. The number of hydrogen-bond donors (Lipinski definition) is 4. The minimum absolute atomic E-state index is 0.0589. The highest BCUT2D eigenvalue weighted by Crippen LogP contribution is 2.12. The van der Waals surface area contributed by atoms with Gasteiger partial charge in [0, 0.05) is 18.7 Å². The van der Waals surface area contributed by atoms with Crippen LogP contribution < -0.4 is 10.6 Å². The maximum atomic E-state index is 11.4. The highest BCUT2D eigenvalue weighted by Gasteiger charge is 2.27. The standard InChI is InChI=1S/C8H12N2O5S/c11-5(7(13)14)1-2-9-6(12)4-3-16-8(15)10-4/h4-5,11H,1-3H2,(H,9,12)(H,10,15)(H,13,14). The number of rotatable bonds is 5. The van der Waals surface area contributed by atoms with E-state index in [-0.39, 0.29) is 24.1 Å². The average molecular weight is 248 g/mol. The summed E-state index contributed by atoms with van der Waals surface area (Å²) >= 11 is 1.02. The van der Waals surface area contributed by atoms with Crippen molar-refractivity contribution in [1.82, 2.24) is 10.6 Å². The molecule has 0 aromatic rings. The van der Waals surface area contributed by atoms with Crippen LogP contribution in [0.4, 0.5) is 4.79 Å². The Hall–Kier alpha value is -1.28. The molecule has 4 N–H and O–H groups in total. The van der Waals surface area contributed by atoms with Gasteiger partial charge in [0.1, 0.15) is 6.04 Å². The summed E-state index contributed by atoms with van der Waals surface area (Å²) in [5, 5.41) is 21.9. The number of carbonyl (C=O) groups is 3. The molecule has 0 spiro atoms. The van der Waals surface area contributed by atoms with Crippen LogP contribution in [0.1, 0.15) is 6.42 Å². The molecule has 2 amide bonds. The second-order valence-corrected chi connectivity index (χ2v) is 4.22. The molecule has 7 nitrogen and oxygen atoms in total. The number of aliphatic hydroxyl groups is 1. The van der Waals surface area contributed by atoms with Crippen LogP contribution in [0.2, 0.25) is 0 Å². The van der Waals surface area contributed by atoms with Gasteiger partial charge in [-0.1, -0.05) is 11.8 Å². The van der Waals surface area contributed by atoms with E-state index >= 15 is 0 Å². The van der Waals surface area contributed by atoms with Gasteiger partial charge in [0.15, 0.2) is 6.10 Å². The van der Waals surface area contributed by atoms with Crippen molar-refractivity contribution < 1.29 is 24.6 Å². The number of hydrogen-bond acceptors (Lipinski definition) is 5. The fourth-order valence-electron chi connectivity index (χ4n) is 1.10. The monoisotopic (exact) mass is 248 g/mol. The summed E-state index contributed by atoms with van der Waals surface area (Å²) in [4.78, 5) is 32.4. The molecule has 1 aliphatic heterocycles. The predicted octanol–water partition coefficient (Wildman–Crippen LogP) is -1.24. The second kappa shape index (κ2) is 5.71. The number of aliphatic carboxylic acids is 1. The van der Waals surface area contributed by atoms with Crippen molar-refractivity contribution in [3.63, 3.8) is 0 Å². The summed E-state index contributed by atoms with van der Waals surface area (Å²) < 4.78 is 0. The van der Waals surface area contributed by atoms with E-state index in [4.69, 9.17) is 10.2 Å². The minimum atomic E-state index is -1.48. The molecule has 2 atom stereocenters. The third-order valence-electron chi connectivity index (χ3n) is 1.99. The molecule has 2 unspecified atom stereocenters. The van der Waals surface area contributed by atoms with Crippen molar-refractivity contribution in [2.45, 2.75) is 18.6 Å². The first-order valence-corrected chi connectivity index (χ1v) is 5.61. The van der Waals surface area contributed by atoms with E-state index in [1.807, 2.05) is 0 Å². The van der Waals surface area contributed by atoms with Gasteiger partial charge in [-0.05, 0) is 0 Å². The van der Waals surface area contributed by atoms with Crippen LogP contribution in [0.15, 0.2) is 0 Å². The number of carbonyl (C=O) groups excluding carboxylic acids is 2. The zero-order valence-electron chi connectivity index (χ0n) is 8.30. The maximum absolute atomic E-state index is 11.4. The molecular formula is C8H12N2O5S. The van der Waals surface area contributed by atoms with E-state index in [9.17, 15) is 14.4 Å². The topological polar surface area (TPSA) is 116 Å². The van der Waals surface area contributed by atoms with Crippen LogP contribution in [-0.2, 0) is 9.59 Å². The van der Waals surface area contributed by atoms with Crippen molar-refractivity contribution in [3.05, 3.63) is 0 Å². The van der Waals surface area contributed by atoms with E-state index in [1.165, 1.54) is 0 Å². The van der Waals surface area contributed by atoms with Gasteiger partial charge in [-0.2, -0.15) is 0 Å². The SMILES string of the molecule is O=C1NC(C(=O)NCCC(O)C(=O)O)CS1. The zero-order valence-corrected chi connectivity index (χ0v) is 9.12. The zero-order chi connectivity index (χ0) is 12.1. The summed E-state index contributed by atoms with van der Waals surface area (Å²) in [5.41, 5.74) is 0. The lowest BCUT2D eigenvalue weighted by atomic mass is 10.2. The molecule has 0 saturated carbocycles. The van der Waals surface area contributed by atoms with Crippen LogP contribution >= 0.6 is 11.8 Å². The summed E-state index contributed by atoms with van der Waals surface area (Å²) in [5.74, 6) is -1.32. The first-order chi connectivity index (χ1) is 7.50. The molecule has 0 aliphatic carbocycles. The van der Waals surface area contributed by atoms with E-state index in [0.29, 0.717) is 5.75 Å². The number of nitrogens with one attached hydrogen (secondary N) is 2. The summed E-state index contributed by atoms with van der Waals surface area (Å²) in [6.07, 6.45) is -1.54. The van der Waals surface area contributed by atoms with Gasteiger partial charge >= 0.3 is 5.97 Å². The van der Waals surface area contributed by atoms with Crippen LogP contribution in [0.25, 0.3) is 0 Å². The molecule has 1 heterocycles. The van der Waals surface area contributed by atoms with E-state index in [2.05, 4.69) is 10.6 Å². The van der Waals surface area contributed by atoms with Crippen LogP contribution in [0.3, 0.4) is 0 Å². The molecule has 1 aliphatic rings.